The van der Waals surface area contributed by atoms with Gasteiger partial charge in [0, 0.05) is 6.54 Å². The zero-order valence-corrected chi connectivity index (χ0v) is 14.6. The maximum atomic E-state index is 12.3. The second-order valence-electron chi connectivity index (χ2n) is 6.08. The third kappa shape index (κ3) is 4.54. The van der Waals surface area contributed by atoms with Gasteiger partial charge in [0.1, 0.15) is 0 Å². The van der Waals surface area contributed by atoms with Gasteiger partial charge in [0.15, 0.2) is 9.84 Å². The maximum Gasteiger partial charge on any atom is 0.240 e. The van der Waals surface area contributed by atoms with Gasteiger partial charge >= 0.3 is 0 Å². The van der Waals surface area contributed by atoms with E-state index in [1.807, 2.05) is 13.0 Å². The average molecular weight is 345 g/mol. The molecule has 1 heterocycles. The summed E-state index contributed by atoms with van der Waals surface area (Å²) in [6, 6.07) is 5.25. The van der Waals surface area contributed by atoms with Crippen molar-refractivity contribution in [2.75, 3.05) is 18.1 Å². The zero-order valence-electron chi connectivity index (χ0n) is 13.0. The highest BCUT2D eigenvalue weighted by atomic mass is 32.2. The molecule has 1 N–H and O–H groups in total. The summed E-state index contributed by atoms with van der Waals surface area (Å²) in [5.74, 6) is 0.693. The summed E-state index contributed by atoms with van der Waals surface area (Å²) in [6.45, 7) is 4.05. The SMILES string of the molecule is Cc1ccc(S(=O)(=O)NCCCC2CCS(=O)(=O)C2)c(C)c1. The van der Waals surface area contributed by atoms with Crippen LogP contribution < -0.4 is 4.72 Å². The van der Waals surface area contributed by atoms with Crippen LogP contribution in [0.4, 0.5) is 0 Å². The van der Waals surface area contributed by atoms with Crippen LogP contribution in [0.1, 0.15) is 30.4 Å². The highest BCUT2D eigenvalue weighted by Gasteiger charge is 2.27. The summed E-state index contributed by atoms with van der Waals surface area (Å²) in [5, 5.41) is 0. The summed E-state index contributed by atoms with van der Waals surface area (Å²) in [7, 11) is -6.35. The van der Waals surface area contributed by atoms with E-state index >= 15 is 0 Å². The first-order valence-corrected chi connectivity index (χ1v) is 10.8. The van der Waals surface area contributed by atoms with Crippen LogP contribution in [0.15, 0.2) is 23.1 Å². The summed E-state index contributed by atoms with van der Waals surface area (Å²) < 4.78 is 49.9. The monoisotopic (exact) mass is 345 g/mol. The molecular weight excluding hydrogens is 322 g/mol. The molecule has 5 nitrogen and oxygen atoms in total. The lowest BCUT2D eigenvalue weighted by molar-refractivity contribution is 0.512. The molecule has 1 aliphatic heterocycles. The van der Waals surface area contributed by atoms with Crippen LogP contribution in [0, 0.1) is 19.8 Å². The van der Waals surface area contributed by atoms with Crippen LogP contribution in [0.25, 0.3) is 0 Å². The minimum absolute atomic E-state index is 0.176. The Kier molecular flexibility index (Phi) is 5.29. The van der Waals surface area contributed by atoms with E-state index in [9.17, 15) is 16.8 Å². The summed E-state index contributed by atoms with van der Waals surface area (Å²) >= 11 is 0. The van der Waals surface area contributed by atoms with Crippen molar-refractivity contribution in [2.24, 2.45) is 5.92 Å². The van der Waals surface area contributed by atoms with Crippen LogP contribution in [0.3, 0.4) is 0 Å². The number of sulfone groups is 1. The Morgan fingerprint density at radius 2 is 2.00 bits per heavy atom. The van der Waals surface area contributed by atoms with E-state index in [4.69, 9.17) is 0 Å². The Bertz CT molecular complexity index is 739. The van der Waals surface area contributed by atoms with Gasteiger partial charge in [-0.1, -0.05) is 17.7 Å². The van der Waals surface area contributed by atoms with E-state index in [0.717, 1.165) is 17.5 Å². The van der Waals surface area contributed by atoms with Gasteiger partial charge in [-0.15, -0.1) is 0 Å². The van der Waals surface area contributed by atoms with E-state index in [-0.39, 0.29) is 17.4 Å². The van der Waals surface area contributed by atoms with Gasteiger partial charge in [-0.3, -0.25) is 0 Å². The van der Waals surface area contributed by atoms with Crippen molar-refractivity contribution in [1.82, 2.24) is 4.72 Å². The third-order valence-electron chi connectivity index (χ3n) is 4.03. The fourth-order valence-electron chi connectivity index (χ4n) is 2.88. The number of nitrogens with one attached hydrogen (secondary N) is 1. The van der Waals surface area contributed by atoms with Crippen molar-refractivity contribution in [2.45, 2.75) is 38.0 Å². The highest BCUT2D eigenvalue weighted by molar-refractivity contribution is 7.91. The van der Waals surface area contributed by atoms with Gasteiger partial charge in [0.05, 0.1) is 16.4 Å². The Morgan fingerprint density at radius 1 is 1.27 bits per heavy atom. The lowest BCUT2D eigenvalue weighted by atomic mass is 10.0. The molecule has 0 amide bonds. The van der Waals surface area contributed by atoms with Crippen LogP contribution in [0.2, 0.25) is 0 Å². The Morgan fingerprint density at radius 3 is 2.59 bits per heavy atom. The Labute approximate surface area is 133 Å². The van der Waals surface area contributed by atoms with Gasteiger partial charge in [-0.2, -0.15) is 0 Å². The number of hydrogen-bond acceptors (Lipinski definition) is 4. The average Bonchev–Trinajstić information content (AvgIpc) is 2.74. The number of sulfonamides is 1. The van der Waals surface area contributed by atoms with E-state index < -0.39 is 19.9 Å². The molecule has 22 heavy (non-hydrogen) atoms. The standard InChI is InChI=1S/C15H23NO4S2/c1-12-5-6-15(13(2)10-12)22(19,20)16-8-3-4-14-7-9-21(17,18)11-14/h5-6,10,14,16H,3-4,7-9,11H2,1-2H3. The Hall–Kier alpha value is -0.920. The van der Waals surface area contributed by atoms with Crippen LogP contribution >= 0.6 is 0 Å². The molecule has 0 bridgehead atoms. The largest absolute Gasteiger partial charge is 0.240 e. The molecule has 124 valence electrons. The molecule has 1 atom stereocenters. The Balaban J connectivity index is 1.86. The van der Waals surface area contributed by atoms with E-state index in [1.54, 1.807) is 19.1 Å². The fourth-order valence-corrected chi connectivity index (χ4v) is 6.08. The first-order chi connectivity index (χ1) is 10.2. The molecule has 0 aliphatic carbocycles. The predicted octanol–water partition coefficient (Wildman–Crippen LogP) is 1.80. The number of hydrogen-bond donors (Lipinski definition) is 1. The van der Waals surface area contributed by atoms with Gasteiger partial charge in [-0.25, -0.2) is 21.6 Å². The molecule has 1 aromatic carbocycles. The molecule has 1 saturated heterocycles. The third-order valence-corrected chi connectivity index (χ3v) is 7.49. The number of benzene rings is 1. The zero-order chi connectivity index (χ0) is 16.4. The lowest BCUT2D eigenvalue weighted by Crippen LogP contribution is -2.26. The fraction of sp³-hybridized carbons (Fsp3) is 0.600. The van der Waals surface area contributed by atoms with E-state index in [1.165, 1.54) is 0 Å². The molecule has 0 spiro atoms. The van der Waals surface area contributed by atoms with Gasteiger partial charge in [0.25, 0.3) is 0 Å². The smallest absolute Gasteiger partial charge is 0.229 e. The molecule has 1 aliphatic rings. The van der Waals surface area contributed by atoms with Crippen LogP contribution in [-0.2, 0) is 19.9 Å². The normalized spacial score (nSPS) is 21.1. The maximum absolute atomic E-state index is 12.3. The summed E-state index contributed by atoms with van der Waals surface area (Å²) in [6.07, 6.45) is 2.10. The van der Waals surface area contributed by atoms with Gasteiger partial charge in [0.2, 0.25) is 10.0 Å². The molecule has 0 radical (unpaired) electrons. The van der Waals surface area contributed by atoms with Crippen molar-refractivity contribution in [3.63, 3.8) is 0 Å². The first kappa shape index (κ1) is 17.4. The van der Waals surface area contributed by atoms with Crippen molar-refractivity contribution in [1.29, 1.82) is 0 Å². The topological polar surface area (TPSA) is 80.3 Å². The van der Waals surface area contributed by atoms with Gasteiger partial charge < -0.3 is 0 Å². The first-order valence-electron chi connectivity index (χ1n) is 7.47. The minimum Gasteiger partial charge on any atom is -0.229 e. The molecule has 1 aromatic rings. The van der Waals surface area contributed by atoms with Crippen LogP contribution in [0.5, 0.6) is 0 Å². The van der Waals surface area contributed by atoms with Crippen LogP contribution in [-0.4, -0.2) is 34.9 Å². The second kappa shape index (κ2) is 6.68. The molecule has 0 saturated carbocycles. The molecule has 7 heteroatoms. The van der Waals surface area contributed by atoms with E-state index in [2.05, 4.69) is 4.72 Å². The summed E-state index contributed by atoms with van der Waals surface area (Å²) in [4.78, 5) is 0.307. The molecule has 0 aromatic heterocycles. The molecule has 1 fully saturated rings. The molecular formula is C15H23NO4S2. The van der Waals surface area contributed by atoms with Crippen molar-refractivity contribution < 1.29 is 16.8 Å². The minimum atomic E-state index is -3.49. The van der Waals surface area contributed by atoms with Crippen molar-refractivity contribution in [3.05, 3.63) is 29.3 Å². The number of aryl methyl sites for hydroxylation is 2. The second-order valence-corrected chi connectivity index (χ2v) is 10.0. The molecule has 1 unspecified atom stereocenters. The van der Waals surface area contributed by atoms with Gasteiger partial charge in [-0.05, 0) is 50.7 Å². The quantitative estimate of drug-likeness (QED) is 0.797. The molecule has 2 rings (SSSR count). The lowest BCUT2D eigenvalue weighted by Gasteiger charge is -2.11. The predicted molar refractivity (Wildman–Crippen MR) is 87.1 cm³/mol. The highest BCUT2D eigenvalue weighted by Crippen LogP contribution is 2.22. The van der Waals surface area contributed by atoms with Crippen molar-refractivity contribution >= 4 is 19.9 Å². The van der Waals surface area contributed by atoms with Crippen molar-refractivity contribution in [3.8, 4) is 0 Å². The van der Waals surface area contributed by atoms with E-state index in [0.29, 0.717) is 24.3 Å². The summed E-state index contributed by atoms with van der Waals surface area (Å²) in [5.41, 5.74) is 1.76. The number of rotatable bonds is 6.